The summed E-state index contributed by atoms with van der Waals surface area (Å²) in [6, 6.07) is -0.638. The average Bonchev–Trinajstić information content (AvgIpc) is 3.40. The first-order chi connectivity index (χ1) is 36.5. The number of hydrogen-bond acceptors (Lipinski definition) is 5. The molecule has 0 bridgehead atoms. The van der Waals surface area contributed by atoms with Gasteiger partial charge in [-0.15, -0.1) is 0 Å². The highest BCUT2D eigenvalue weighted by Crippen LogP contribution is 2.17. The summed E-state index contributed by atoms with van der Waals surface area (Å²) in [5, 5.41) is 23.2. The molecule has 0 aliphatic carbocycles. The van der Waals surface area contributed by atoms with E-state index in [2.05, 4.69) is 43.5 Å². The van der Waals surface area contributed by atoms with Gasteiger partial charge in [-0.2, -0.15) is 0 Å². The lowest BCUT2D eigenvalue weighted by Crippen LogP contribution is -2.45. The van der Waals surface area contributed by atoms with Crippen LogP contribution in [0.3, 0.4) is 0 Å². The minimum Gasteiger partial charge on any atom is -0.466 e. The molecule has 2 unspecified atom stereocenters. The van der Waals surface area contributed by atoms with Crippen LogP contribution in [0, 0.1) is 0 Å². The molecule has 0 saturated heterocycles. The van der Waals surface area contributed by atoms with E-state index in [1.54, 1.807) is 6.08 Å². The second-order valence-electron chi connectivity index (χ2n) is 22.8. The van der Waals surface area contributed by atoms with Crippen molar-refractivity contribution < 1.29 is 24.5 Å². The van der Waals surface area contributed by atoms with E-state index < -0.39 is 12.1 Å². The second kappa shape index (κ2) is 63.6. The molecule has 0 aromatic carbocycles. The van der Waals surface area contributed by atoms with Crippen LogP contribution in [0.25, 0.3) is 0 Å². The van der Waals surface area contributed by atoms with Crippen LogP contribution in [-0.2, 0) is 14.3 Å². The number of unbranched alkanes of at least 4 members (excludes halogenated alkanes) is 47. The Labute approximate surface area is 462 Å². The van der Waals surface area contributed by atoms with E-state index in [0.717, 1.165) is 57.8 Å². The first-order valence-corrected chi connectivity index (χ1v) is 33.3. The third-order valence-corrected chi connectivity index (χ3v) is 15.4. The Balaban J connectivity index is 3.47. The van der Waals surface area contributed by atoms with Crippen LogP contribution < -0.4 is 5.32 Å². The zero-order chi connectivity index (χ0) is 53.6. The molecule has 0 aromatic heterocycles. The SMILES string of the molecule is CCCCCCCC/C=C\CCCCCCCCCCCC(=O)OCCCCCCCC/C=C\CCCCCCCCCC(=O)NC(CO)C(O)/C=C/CCCCCCCCCCCCCCCCCCCCC. The zero-order valence-electron chi connectivity index (χ0n) is 49.8. The van der Waals surface area contributed by atoms with Crippen LogP contribution in [0.5, 0.6) is 0 Å². The van der Waals surface area contributed by atoms with Crippen molar-refractivity contribution in [3.8, 4) is 0 Å². The number of hydrogen-bond donors (Lipinski definition) is 3. The fraction of sp³-hybridized carbons (Fsp3) is 0.882. The van der Waals surface area contributed by atoms with Crippen LogP contribution in [0.15, 0.2) is 36.5 Å². The van der Waals surface area contributed by atoms with Crippen molar-refractivity contribution in [2.24, 2.45) is 0 Å². The van der Waals surface area contributed by atoms with Gasteiger partial charge in [0.25, 0.3) is 0 Å². The predicted molar refractivity (Wildman–Crippen MR) is 324 cm³/mol. The summed E-state index contributed by atoms with van der Waals surface area (Å²) in [7, 11) is 0. The number of aliphatic hydroxyl groups is 2. The molecule has 74 heavy (non-hydrogen) atoms. The molecular weight excluding hydrogens is 911 g/mol. The number of aliphatic hydroxyl groups excluding tert-OH is 2. The van der Waals surface area contributed by atoms with Crippen molar-refractivity contribution in [3.63, 3.8) is 0 Å². The van der Waals surface area contributed by atoms with E-state index in [4.69, 9.17) is 4.74 Å². The van der Waals surface area contributed by atoms with Crippen LogP contribution in [0.1, 0.15) is 361 Å². The molecule has 2 atom stereocenters. The topological polar surface area (TPSA) is 95.9 Å². The molecule has 0 fully saturated rings. The molecule has 0 rings (SSSR count). The van der Waals surface area contributed by atoms with Crippen LogP contribution >= 0.6 is 0 Å². The van der Waals surface area contributed by atoms with E-state index in [0.29, 0.717) is 19.4 Å². The highest BCUT2D eigenvalue weighted by molar-refractivity contribution is 5.76. The predicted octanol–water partition coefficient (Wildman–Crippen LogP) is 21.1. The fourth-order valence-corrected chi connectivity index (χ4v) is 10.3. The number of carbonyl (C=O) groups is 2. The molecule has 6 heteroatoms. The molecule has 3 N–H and O–H groups in total. The average molecular weight is 1040 g/mol. The van der Waals surface area contributed by atoms with E-state index >= 15 is 0 Å². The van der Waals surface area contributed by atoms with Gasteiger partial charge in [0.05, 0.1) is 25.4 Å². The fourth-order valence-electron chi connectivity index (χ4n) is 10.3. The maximum atomic E-state index is 12.5. The normalized spacial score (nSPS) is 12.8. The number of ether oxygens (including phenoxy) is 1. The standard InChI is InChI=1S/C68H129NO5/c1-3-5-7-9-11-13-15-17-19-21-23-24-26-28-32-36-40-44-48-52-56-60-66(71)65(64-70)69-67(72)61-57-53-49-45-41-37-33-29-27-31-35-39-43-47-51-55-59-63-74-68(73)62-58-54-50-46-42-38-34-30-25-22-20-18-16-14-12-10-8-6-4-2/h18,20,27,31,56,60,65-66,70-71H,3-17,19,21-26,28-30,32-55,57-59,61-64H2,1-2H3,(H,69,72)/b20-18-,31-27-,60-56+. The van der Waals surface area contributed by atoms with E-state index in [9.17, 15) is 19.8 Å². The summed E-state index contributed by atoms with van der Waals surface area (Å²) in [4.78, 5) is 24.6. The Morgan fingerprint density at radius 2 is 0.635 bits per heavy atom. The quantitative estimate of drug-likeness (QED) is 0.0320. The maximum absolute atomic E-state index is 12.5. The lowest BCUT2D eigenvalue weighted by Gasteiger charge is -2.20. The molecule has 0 aliphatic rings. The van der Waals surface area contributed by atoms with Crippen molar-refractivity contribution in [3.05, 3.63) is 36.5 Å². The molecule has 0 saturated carbocycles. The minimum absolute atomic E-state index is 0.00264. The number of nitrogens with one attached hydrogen (secondary N) is 1. The second-order valence-corrected chi connectivity index (χ2v) is 22.8. The summed E-state index contributed by atoms with van der Waals surface area (Å²) < 4.78 is 5.49. The van der Waals surface area contributed by atoms with E-state index in [-0.39, 0.29) is 18.5 Å². The van der Waals surface area contributed by atoms with E-state index in [1.165, 1.54) is 276 Å². The molecule has 1 amide bonds. The van der Waals surface area contributed by atoms with Crippen molar-refractivity contribution in [2.75, 3.05) is 13.2 Å². The van der Waals surface area contributed by atoms with Crippen LogP contribution in [0.2, 0.25) is 0 Å². The Bertz CT molecular complexity index is 1200. The first-order valence-electron chi connectivity index (χ1n) is 33.3. The lowest BCUT2D eigenvalue weighted by atomic mass is 10.0. The number of amides is 1. The van der Waals surface area contributed by atoms with Crippen molar-refractivity contribution >= 4 is 11.9 Å². The van der Waals surface area contributed by atoms with Gasteiger partial charge in [-0.05, 0) is 83.5 Å². The third kappa shape index (κ3) is 59.3. The van der Waals surface area contributed by atoms with Crippen LogP contribution in [0.4, 0.5) is 0 Å². The molecule has 0 radical (unpaired) electrons. The molecular formula is C68H129NO5. The smallest absolute Gasteiger partial charge is 0.305 e. The summed E-state index contributed by atoms with van der Waals surface area (Å²) in [5.74, 6) is -0.0798. The number of carbonyl (C=O) groups excluding carboxylic acids is 2. The van der Waals surface area contributed by atoms with Crippen LogP contribution in [-0.4, -0.2) is 47.4 Å². The number of esters is 1. The van der Waals surface area contributed by atoms with Gasteiger partial charge < -0.3 is 20.3 Å². The highest BCUT2D eigenvalue weighted by atomic mass is 16.5. The molecule has 0 heterocycles. The monoisotopic (exact) mass is 1040 g/mol. The van der Waals surface area contributed by atoms with Gasteiger partial charge in [-0.3, -0.25) is 9.59 Å². The number of allylic oxidation sites excluding steroid dienone is 5. The summed E-state index contributed by atoms with van der Waals surface area (Å²) in [6.07, 6.45) is 80.5. The van der Waals surface area contributed by atoms with Gasteiger partial charge >= 0.3 is 5.97 Å². The Morgan fingerprint density at radius 1 is 0.365 bits per heavy atom. The summed E-state index contributed by atoms with van der Waals surface area (Å²) >= 11 is 0. The lowest BCUT2D eigenvalue weighted by molar-refractivity contribution is -0.143. The first kappa shape index (κ1) is 72.1. The molecule has 0 aromatic rings. The highest BCUT2D eigenvalue weighted by Gasteiger charge is 2.18. The Kier molecular flexibility index (Phi) is 62.0. The summed E-state index contributed by atoms with van der Waals surface area (Å²) in [6.45, 7) is 4.91. The third-order valence-electron chi connectivity index (χ3n) is 15.4. The Morgan fingerprint density at radius 3 is 0.959 bits per heavy atom. The van der Waals surface area contributed by atoms with Gasteiger partial charge in [0.1, 0.15) is 0 Å². The molecule has 0 aliphatic heterocycles. The molecule has 436 valence electrons. The molecule has 0 spiro atoms. The zero-order valence-corrected chi connectivity index (χ0v) is 49.8. The van der Waals surface area contributed by atoms with Gasteiger partial charge in [-0.25, -0.2) is 0 Å². The maximum Gasteiger partial charge on any atom is 0.305 e. The van der Waals surface area contributed by atoms with Gasteiger partial charge in [0.2, 0.25) is 5.91 Å². The number of rotatable bonds is 62. The van der Waals surface area contributed by atoms with E-state index in [1.807, 2.05) is 6.08 Å². The van der Waals surface area contributed by atoms with Gasteiger partial charge in [0, 0.05) is 12.8 Å². The van der Waals surface area contributed by atoms with Crippen molar-refractivity contribution in [1.82, 2.24) is 5.32 Å². The summed E-state index contributed by atoms with van der Waals surface area (Å²) in [5.41, 5.74) is 0. The van der Waals surface area contributed by atoms with Gasteiger partial charge in [0.15, 0.2) is 0 Å². The minimum atomic E-state index is -0.854. The van der Waals surface area contributed by atoms with Crippen molar-refractivity contribution in [2.45, 2.75) is 373 Å². The Hall–Kier alpha value is -1.92. The molecule has 6 nitrogen and oxygen atoms in total. The van der Waals surface area contributed by atoms with Crippen molar-refractivity contribution in [1.29, 1.82) is 0 Å². The largest absolute Gasteiger partial charge is 0.466 e. The van der Waals surface area contributed by atoms with Gasteiger partial charge in [-0.1, -0.05) is 301 Å².